The fourth-order valence-corrected chi connectivity index (χ4v) is 2.90. The average Bonchev–Trinajstić information content (AvgIpc) is 2.75. The molecule has 2 aromatic rings. The second-order valence-electron chi connectivity index (χ2n) is 4.35. The molecular formula is C14H17ClN2O2S. The zero-order valence-electron chi connectivity index (χ0n) is 11.7. The first-order chi connectivity index (χ1) is 9.55. The van der Waals surface area contributed by atoms with Crippen molar-refractivity contribution >= 4 is 22.9 Å². The van der Waals surface area contributed by atoms with E-state index in [4.69, 9.17) is 26.8 Å². The molecule has 0 saturated heterocycles. The maximum absolute atomic E-state index is 6.22. The van der Waals surface area contributed by atoms with E-state index >= 15 is 0 Å². The van der Waals surface area contributed by atoms with Crippen molar-refractivity contribution in [1.29, 1.82) is 0 Å². The molecular weight excluding hydrogens is 296 g/mol. The van der Waals surface area contributed by atoms with Gasteiger partial charge in [-0.2, -0.15) is 0 Å². The van der Waals surface area contributed by atoms with E-state index in [-0.39, 0.29) is 0 Å². The van der Waals surface area contributed by atoms with Crippen LogP contribution in [0, 0.1) is 13.8 Å². The third kappa shape index (κ3) is 3.23. The van der Waals surface area contributed by atoms with E-state index in [1.165, 1.54) is 4.88 Å². The van der Waals surface area contributed by atoms with Crippen molar-refractivity contribution < 1.29 is 9.47 Å². The van der Waals surface area contributed by atoms with Gasteiger partial charge in [-0.3, -0.25) is 0 Å². The molecule has 1 heterocycles. The Balaban J connectivity index is 2.20. The zero-order chi connectivity index (χ0) is 14.7. The third-order valence-electron chi connectivity index (χ3n) is 2.94. The Morgan fingerprint density at radius 3 is 2.65 bits per heavy atom. The van der Waals surface area contributed by atoms with Crippen molar-refractivity contribution in [2.24, 2.45) is 5.73 Å². The molecule has 0 aliphatic rings. The highest BCUT2D eigenvalue weighted by molar-refractivity contribution is 7.11. The molecule has 0 unspecified atom stereocenters. The topological polar surface area (TPSA) is 57.4 Å². The minimum absolute atomic E-state index is 0.372. The number of methoxy groups -OCH3 is 1. The predicted octanol–water partition coefficient (Wildman–Crippen LogP) is 3.46. The van der Waals surface area contributed by atoms with Gasteiger partial charge in [0.25, 0.3) is 0 Å². The van der Waals surface area contributed by atoms with Gasteiger partial charge in [-0.25, -0.2) is 4.98 Å². The van der Waals surface area contributed by atoms with Crippen LogP contribution in [0.5, 0.6) is 11.5 Å². The summed E-state index contributed by atoms with van der Waals surface area (Å²) in [5, 5.41) is 1.41. The maximum atomic E-state index is 6.22. The monoisotopic (exact) mass is 312 g/mol. The number of aryl methyl sites for hydroxylation is 2. The number of nitrogens with two attached hydrogens (primary N) is 1. The molecule has 0 amide bonds. The van der Waals surface area contributed by atoms with E-state index < -0.39 is 0 Å². The molecule has 2 N–H and O–H groups in total. The highest BCUT2D eigenvalue weighted by atomic mass is 35.5. The molecule has 1 aromatic carbocycles. The molecule has 0 atom stereocenters. The van der Waals surface area contributed by atoms with E-state index in [2.05, 4.69) is 4.98 Å². The largest absolute Gasteiger partial charge is 0.493 e. The maximum Gasteiger partial charge on any atom is 0.180 e. The van der Waals surface area contributed by atoms with Gasteiger partial charge in [0.05, 0.1) is 17.8 Å². The molecule has 20 heavy (non-hydrogen) atoms. The molecule has 0 fully saturated rings. The number of thiazole rings is 1. The quantitative estimate of drug-likeness (QED) is 0.918. The summed E-state index contributed by atoms with van der Waals surface area (Å²) in [6.07, 6.45) is 0. The van der Waals surface area contributed by atoms with E-state index in [0.717, 1.165) is 16.3 Å². The Morgan fingerprint density at radius 2 is 2.10 bits per heavy atom. The fraction of sp³-hybridized carbons (Fsp3) is 0.357. The fourth-order valence-electron chi connectivity index (χ4n) is 1.77. The third-order valence-corrected chi connectivity index (χ3v) is 4.26. The molecule has 0 aliphatic carbocycles. The second-order valence-corrected chi connectivity index (χ2v) is 6.05. The van der Waals surface area contributed by atoms with Gasteiger partial charge in [0.1, 0.15) is 11.6 Å². The lowest BCUT2D eigenvalue weighted by molar-refractivity contribution is 0.284. The number of halogens is 1. The molecule has 1 aromatic heterocycles. The lowest BCUT2D eigenvalue weighted by atomic mass is 10.2. The summed E-state index contributed by atoms with van der Waals surface area (Å²) >= 11 is 7.84. The standard InChI is InChI=1S/C14H17ClN2O2S/c1-8-9(2)20-13(17-8)7-19-14-11(15)4-10(6-16)5-12(14)18-3/h4-5H,6-7,16H2,1-3H3. The minimum Gasteiger partial charge on any atom is -0.493 e. The number of hydrogen-bond donors (Lipinski definition) is 1. The van der Waals surface area contributed by atoms with Crippen molar-refractivity contribution in [3.05, 3.63) is 38.3 Å². The first-order valence-electron chi connectivity index (χ1n) is 6.17. The number of aromatic nitrogens is 1. The molecule has 6 heteroatoms. The lowest BCUT2D eigenvalue weighted by Gasteiger charge is -2.13. The summed E-state index contributed by atoms with van der Waals surface area (Å²) in [4.78, 5) is 5.63. The lowest BCUT2D eigenvalue weighted by Crippen LogP contribution is -2.01. The van der Waals surface area contributed by atoms with Gasteiger partial charge in [0.15, 0.2) is 11.5 Å². The van der Waals surface area contributed by atoms with Crippen LogP contribution >= 0.6 is 22.9 Å². The Hall–Kier alpha value is -1.30. The van der Waals surface area contributed by atoms with Crippen molar-refractivity contribution in [3.8, 4) is 11.5 Å². The summed E-state index contributed by atoms with van der Waals surface area (Å²) < 4.78 is 11.1. The van der Waals surface area contributed by atoms with Gasteiger partial charge in [0, 0.05) is 11.4 Å². The van der Waals surface area contributed by atoms with Crippen molar-refractivity contribution in [3.63, 3.8) is 0 Å². The van der Waals surface area contributed by atoms with Crippen molar-refractivity contribution in [2.75, 3.05) is 7.11 Å². The first kappa shape index (κ1) is 15.1. The molecule has 108 valence electrons. The van der Waals surface area contributed by atoms with Crippen LogP contribution in [0.15, 0.2) is 12.1 Å². The molecule has 0 bridgehead atoms. The molecule has 0 saturated carbocycles. The van der Waals surface area contributed by atoms with Crippen molar-refractivity contribution in [2.45, 2.75) is 27.0 Å². The van der Waals surface area contributed by atoms with E-state index in [1.54, 1.807) is 24.5 Å². The van der Waals surface area contributed by atoms with Gasteiger partial charge in [-0.05, 0) is 31.5 Å². The Bertz CT molecular complexity index is 594. The second kappa shape index (κ2) is 6.43. The molecule has 4 nitrogen and oxygen atoms in total. The summed E-state index contributed by atoms with van der Waals surface area (Å²) in [7, 11) is 1.58. The van der Waals surface area contributed by atoms with Crippen LogP contribution in [0.2, 0.25) is 5.02 Å². The highest BCUT2D eigenvalue weighted by Crippen LogP contribution is 2.37. The Morgan fingerprint density at radius 1 is 1.35 bits per heavy atom. The summed E-state index contributed by atoms with van der Waals surface area (Å²) in [6.45, 7) is 4.80. The van der Waals surface area contributed by atoms with Gasteiger partial charge in [-0.1, -0.05) is 11.6 Å². The smallest absolute Gasteiger partial charge is 0.180 e. The summed E-state index contributed by atoms with van der Waals surface area (Å²) in [5.74, 6) is 1.11. The molecule has 0 radical (unpaired) electrons. The normalized spacial score (nSPS) is 10.7. The van der Waals surface area contributed by atoms with Gasteiger partial charge < -0.3 is 15.2 Å². The van der Waals surface area contributed by atoms with E-state index in [9.17, 15) is 0 Å². The van der Waals surface area contributed by atoms with Gasteiger partial charge in [0.2, 0.25) is 0 Å². The minimum atomic E-state index is 0.372. The number of benzene rings is 1. The zero-order valence-corrected chi connectivity index (χ0v) is 13.3. The van der Waals surface area contributed by atoms with Gasteiger partial charge in [-0.15, -0.1) is 11.3 Å². The van der Waals surface area contributed by atoms with Crippen LogP contribution in [-0.4, -0.2) is 12.1 Å². The van der Waals surface area contributed by atoms with Crippen LogP contribution in [-0.2, 0) is 13.2 Å². The van der Waals surface area contributed by atoms with Crippen LogP contribution in [0.3, 0.4) is 0 Å². The van der Waals surface area contributed by atoms with Crippen LogP contribution in [0.25, 0.3) is 0 Å². The van der Waals surface area contributed by atoms with E-state index in [1.807, 2.05) is 19.9 Å². The highest BCUT2D eigenvalue weighted by Gasteiger charge is 2.13. The number of rotatable bonds is 5. The number of nitrogens with zero attached hydrogens (tertiary/aromatic N) is 1. The SMILES string of the molecule is COc1cc(CN)cc(Cl)c1OCc1nc(C)c(C)s1. The number of hydrogen-bond acceptors (Lipinski definition) is 5. The first-order valence-corrected chi connectivity index (χ1v) is 7.36. The van der Waals surface area contributed by atoms with Crippen LogP contribution in [0.1, 0.15) is 21.1 Å². The predicted molar refractivity (Wildman–Crippen MR) is 81.8 cm³/mol. The van der Waals surface area contributed by atoms with Gasteiger partial charge >= 0.3 is 0 Å². The average molecular weight is 313 g/mol. The molecule has 0 aliphatic heterocycles. The number of ether oxygens (including phenoxy) is 2. The summed E-state index contributed by atoms with van der Waals surface area (Å²) in [5.41, 5.74) is 7.55. The van der Waals surface area contributed by atoms with Crippen LogP contribution in [0.4, 0.5) is 0 Å². The van der Waals surface area contributed by atoms with E-state index in [0.29, 0.717) is 29.7 Å². The Kier molecular flexibility index (Phi) is 4.86. The van der Waals surface area contributed by atoms with Crippen LogP contribution < -0.4 is 15.2 Å². The molecule has 0 spiro atoms. The van der Waals surface area contributed by atoms with Crippen molar-refractivity contribution in [1.82, 2.24) is 4.98 Å². The summed E-state index contributed by atoms with van der Waals surface area (Å²) in [6, 6.07) is 3.62. The molecule has 2 rings (SSSR count). The Labute approximate surface area is 127 Å².